The average Bonchev–Trinajstić information content (AvgIpc) is 2.47. The summed E-state index contributed by atoms with van der Waals surface area (Å²) in [7, 11) is 1.89. The van der Waals surface area contributed by atoms with Gasteiger partial charge in [-0.3, -0.25) is 4.79 Å². The summed E-state index contributed by atoms with van der Waals surface area (Å²) in [6, 6.07) is 9.91. The minimum Gasteiger partial charge on any atom is -0.315 e. The maximum absolute atomic E-state index is 12.5. The molecule has 1 saturated carbocycles. The van der Waals surface area contributed by atoms with E-state index in [0.29, 0.717) is 5.92 Å². The molecular weight excluding hydrogens is 222 g/mol. The largest absolute Gasteiger partial charge is 0.315 e. The molecule has 2 heteroatoms. The molecule has 0 unspecified atom stereocenters. The van der Waals surface area contributed by atoms with Crippen LogP contribution in [0.3, 0.4) is 0 Å². The van der Waals surface area contributed by atoms with Crippen LogP contribution in [0.15, 0.2) is 30.3 Å². The zero-order chi connectivity index (χ0) is 13.0. The molecule has 0 spiro atoms. The zero-order valence-corrected chi connectivity index (χ0v) is 11.4. The van der Waals surface area contributed by atoms with E-state index in [1.807, 2.05) is 37.4 Å². The van der Waals surface area contributed by atoms with Crippen molar-refractivity contribution < 1.29 is 4.79 Å². The summed E-state index contributed by atoms with van der Waals surface area (Å²) in [6.45, 7) is 2.10. The maximum atomic E-state index is 12.5. The monoisotopic (exact) mass is 245 g/mol. The Bertz CT molecular complexity index is 381. The highest BCUT2D eigenvalue weighted by Crippen LogP contribution is 2.31. The topological polar surface area (TPSA) is 20.3 Å². The van der Waals surface area contributed by atoms with Crippen LogP contribution in [0, 0.1) is 11.8 Å². The van der Waals surface area contributed by atoms with Crippen LogP contribution in [0.4, 0.5) is 5.69 Å². The van der Waals surface area contributed by atoms with Crippen molar-refractivity contribution in [3.8, 4) is 0 Å². The lowest BCUT2D eigenvalue weighted by molar-refractivity contribution is -0.123. The molecule has 0 N–H and O–H groups in total. The normalized spacial score (nSPS) is 18.3. The van der Waals surface area contributed by atoms with Crippen molar-refractivity contribution in [1.82, 2.24) is 0 Å². The van der Waals surface area contributed by atoms with E-state index in [2.05, 4.69) is 6.92 Å². The van der Waals surface area contributed by atoms with Crippen LogP contribution < -0.4 is 4.90 Å². The first-order valence-corrected chi connectivity index (χ1v) is 7.03. The molecule has 1 aliphatic carbocycles. The molecule has 0 heterocycles. The van der Waals surface area contributed by atoms with E-state index in [0.717, 1.165) is 5.69 Å². The lowest BCUT2D eigenvalue weighted by Crippen LogP contribution is -2.35. The van der Waals surface area contributed by atoms with E-state index in [4.69, 9.17) is 0 Å². The molecular formula is C16H23NO. The molecule has 0 aliphatic heterocycles. The predicted molar refractivity (Wildman–Crippen MR) is 75.6 cm³/mol. The fraction of sp³-hybridized carbons (Fsp3) is 0.562. The highest BCUT2D eigenvalue weighted by molar-refractivity contribution is 5.94. The van der Waals surface area contributed by atoms with Crippen molar-refractivity contribution in [3.05, 3.63) is 30.3 Å². The summed E-state index contributed by atoms with van der Waals surface area (Å²) >= 11 is 0. The fourth-order valence-electron chi connectivity index (χ4n) is 2.92. The first-order valence-electron chi connectivity index (χ1n) is 7.03. The Kier molecular flexibility index (Phi) is 4.40. The number of carbonyl (C=O) groups excluding carboxylic acids is 1. The molecule has 0 bridgehead atoms. The molecule has 0 saturated heterocycles. The van der Waals surface area contributed by atoms with Crippen LogP contribution in [0.1, 0.15) is 39.0 Å². The second-order valence-electron chi connectivity index (χ2n) is 5.42. The third-order valence-corrected chi connectivity index (χ3v) is 4.22. The Balaban J connectivity index is 2.01. The molecule has 1 aromatic rings. The summed E-state index contributed by atoms with van der Waals surface area (Å²) in [4.78, 5) is 14.3. The van der Waals surface area contributed by atoms with Gasteiger partial charge in [-0.15, -0.1) is 0 Å². The Morgan fingerprint density at radius 2 is 1.78 bits per heavy atom. The van der Waals surface area contributed by atoms with Crippen molar-refractivity contribution in [2.24, 2.45) is 11.8 Å². The summed E-state index contributed by atoms with van der Waals surface area (Å²) in [6.07, 6.45) is 6.35. The van der Waals surface area contributed by atoms with Gasteiger partial charge in [0.2, 0.25) is 5.91 Å². The number of anilines is 1. The minimum atomic E-state index is 0.149. The molecule has 1 atom stereocenters. The number of carbonyl (C=O) groups is 1. The molecule has 0 aromatic heterocycles. The molecule has 0 radical (unpaired) electrons. The molecule has 18 heavy (non-hydrogen) atoms. The molecule has 2 nitrogen and oxygen atoms in total. The number of benzene rings is 1. The Morgan fingerprint density at radius 3 is 2.39 bits per heavy atom. The van der Waals surface area contributed by atoms with Crippen LogP contribution in [0.2, 0.25) is 0 Å². The summed E-state index contributed by atoms with van der Waals surface area (Å²) in [5, 5.41) is 0. The van der Waals surface area contributed by atoms with Crippen LogP contribution >= 0.6 is 0 Å². The van der Waals surface area contributed by atoms with Gasteiger partial charge >= 0.3 is 0 Å². The van der Waals surface area contributed by atoms with Gasteiger partial charge in [0.15, 0.2) is 0 Å². The van der Waals surface area contributed by atoms with Crippen LogP contribution in [-0.4, -0.2) is 13.0 Å². The van der Waals surface area contributed by atoms with Gasteiger partial charge in [-0.1, -0.05) is 44.4 Å². The van der Waals surface area contributed by atoms with Crippen molar-refractivity contribution in [1.29, 1.82) is 0 Å². The molecule has 1 amide bonds. The van der Waals surface area contributed by atoms with Crippen LogP contribution in [0.5, 0.6) is 0 Å². The summed E-state index contributed by atoms with van der Waals surface area (Å²) < 4.78 is 0. The Hall–Kier alpha value is -1.31. The summed E-state index contributed by atoms with van der Waals surface area (Å²) in [5.74, 6) is 0.987. The lowest BCUT2D eigenvalue weighted by atomic mass is 9.80. The van der Waals surface area contributed by atoms with Gasteiger partial charge in [0.05, 0.1) is 0 Å². The number of amides is 1. The Labute approximate surface area is 110 Å². The van der Waals surface area contributed by atoms with Gasteiger partial charge in [0.25, 0.3) is 0 Å². The molecule has 98 valence electrons. The highest BCUT2D eigenvalue weighted by atomic mass is 16.2. The number of rotatable bonds is 3. The van der Waals surface area contributed by atoms with Crippen LogP contribution in [0.25, 0.3) is 0 Å². The first-order chi connectivity index (χ1) is 8.70. The SMILES string of the molecule is C[C@@H](C(=O)N(C)c1ccccc1)C1CCCCC1. The van der Waals surface area contributed by atoms with E-state index in [1.165, 1.54) is 32.1 Å². The number of hydrogen-bond donors (Lipinski definition) is 0. The summed E-state index contributed by atoms with van der Waals surface area (Å²) in [5.41, 5.74) is 0.991. The number of hydrogen-bond acceptors (Lipinski definition) is 1. The highest BCUT2D eigenvalue weighted by Gasteiger charge is 2.27. The quantitative estimate of drug-likeness (QED) is 0.791. The second-order valence-corrected chi connectivity index (χ2v) is 5.42. The van der Waals surface area contributed by atoms with Crippen molar-refractivity contribution in [2.75, 3.05) is 11.9 Å². The van der Waals surface area contributed by atoms with E-state index in [1.54, 1.807) is 4.90 Å². The van der Waals surface area contributed by atoms with Gasteiger partial charge in [-0.25, -0.2) is 0 Å². The zero-order valence-electron chi connectivity index (χ0n) is 11.4. The van der Waals surface area contributed by atoms with Gasteiger partial charge in [0, 0.05) is 18.7 Å². The maximum Gasteiger partial charge on any atom is 0.229 e. The van der Waals surface area contributed by atoms with Gasteiger partial charge in [-0.05, 0) is 30.9 Å². The van der Waals surface area contributed by atoms with Crippen molar-refractivity contribution >= 4 is 11.6 Å². The molecule has 2 rings (SSSR count). The number of para-hydroxylation sites is 1. The van der Waals surface area contributed by atoms with Crippen molar-refractivity contribution in [3.63, 3.8) is 0 Å². The standard InChI is InChI=1S/C16H23NO/c1-13(14-9-5-3-6-10-14)16(18)17(2)15-11-7-4-8-12-15/h4,7-8,11-14H,3,5-6,9-10H2,1-2H3/t13-/m1/s1. The third-order valence-electron chi connectivity index (χ3n) is 4.22. The van der Waals surface area contributed by atoms with Crippen LogP contribution in [-0.2, 0) is 4.79 Å². The third kappa shape index (κ3) is 2.92. The minimum absolute atomic E-state index is 0.149. The first kappa shape index (κ1) is 13.1. The molecule has 1 aromatic carbocycles. The number of nitrogens with zero attached hydrogens (tertiary/aromatic N) is 1. The second kappa shape index (κ2) is 6.03. The molecule has 1 aliphatic rings. The lowest BCUT2D eigenvalue weighted by Gasteiger charge is -2.30. The molecule has 1 fully saturated rings. The van der Waals surface area contributed by atoms with Crippen molar-refractivity contribution in [2.45, 2.75) is 39.0 Å². The average molecular weight is 245 g/mol. The van der Waals surface area contributed by atoms with Gasteiger partial charge in [-0.2, -0.15) is 0 Å². The fourth-order valence-corrected chi connectivity index (χ4v) is 2.92. The van der Waals surface area contributed by atoms with E-state index in [9.17, 15) is 4.79 Å². The van der Waals surface area contributed by atoms with Gasteiger partial charge < -0.3 is 4.90 Å². The van der Waals surface area contributed by atoms with E-state index < -0.39 is 0 Å². The van der Waals surface area contributed by atoms with E-state index >= 15 is 0 Å². The predicted octanol–water partition coefficient (Wildman–Crippen LogP) is 3.87. The smallest absolute Gasteiger partial charge is 0.229 e. The van der Waals surface area contributed by atoms with Gasteiger partial charge in [0.1, 0.15) is 0 Å². The van der Waals surface area contributed by atoms with E-state index in [-0.39, 0.29) is 11.8 Å². The Morgan fingerprint density at radius 1 is 1.17 bits per heavy atom.